The zero-order valence-electron chi connectivity index (χ0n) is 16.4. The minimum atomic E-state index is -4.72. The third-order valence-corrected chi connectivity index (χ3v) is 4.86. The van der Waals surface area contributed by atoms with Crippen LogP contribution >= 0.6 is 0 Å². The molecular weight excluding hydrogens is 391 g/mol. The van der Waals surface area contributed by atoms with Crippen molar-refractivity contribution in [3.05, 3.63) is 52.3 Å². The molecule has 29 heavy (non-hydrogen) atoms. The minimum Gasteiger partial charge on any atom is -0.465 e. The molecule has 1 N–H and O–H groups in total. The summed E-state index contributed by atoms with van der Waals surface area (Å²) in [6.07, 6.45) is -5.21. The SMILES string of the molecule is COCn1nc(C2(C(F)(F)F)CC(c3ccc(C(=O)OC)c(C)c3)=[NH+]O2)cc1C. The van der Waals surface area contributed by atoms with Gasteiger partial charge in [-0.15, -0.1) is 0 Å². The number of carbonyl (C=O) groups excluding carboxylic acids is 1. The maximum absolute atomic E-state index is 14.1. The Morgan fingerprint density at radius 1 is 1.31 bits per heavy atom. The molecular formula is C19H21F3N3O4+. The van der Waals surface area contributed by atoms with E-state index >= 15 is 0 Å². The molecule has 10 heteroatoms. The van der Waals surface area contributed by atoms with Crippen LogP contribution in [0.1, 0.15) is 39.3 Å². The first-order valence-corrected chi connectivity index (χ1v) is 8.72. The molecule has 0 aliphatic carbocycles. The number of rotatable bonds is 5. The molecule has 1 aliphatic rings. The third-order valence-electron chi connectivity index (χ3n) is 4.86. The number of aromatic nitrogens is 2. The molecule has 1 aromatic carbocycles. The number of esters is 1. The Bertz CT molecular complexity index is 968. The van der Waals surface area contributed by atoms with Crippen molar-refractivity contribution in [3.63, 3.8) is 0 Å². The molecule has 2 heterocycles. The molecule has 0 fully saturated rings. The molecule has 3 rings (SSSR count). The second-order valence-corrected chi connectivity index (χ2v) is 6.79. The van der Waals surface area contributed by atoms with Crippen molar-refractivity contribution in [2.24, 2.45) is 0 Å². The van der Waals surface area contributed by atoms with Crippen LogP contribution in [0.15, 0.2) is 24.3 Å². The lowest BCUT2D eigenvalue weighted by Crippen LogP contribution is -2.71. The van der Waals surface area contributed by atoms with E-state index in [1.807, 2.05) is 0 Å². The Morgan fingerprint density at radius 2 is 2.03 bits per heavy atom. The number of carbonyl (C=O) groups is 1. The van der Waals surface area contributed by atoms with E-state index in [2.05, 4.69) is 10.3 Å². The topological polar surface area (TPSA) is 76.6 Å². The van der Waals surface area contributed by atoms with Crippen molar-refractivity contribution in [3.8, 4) is 0 Å². The van der Waals surface area contributed by atoms with Gasteiger partial charge in [-0.1, -0.05) is 0 Å². The Kier molecular flexibility index (Phi) is 5.40. The van der Waals surface area contributed by atoms with Gasteiger partial charge in [0.2, 0.25) is 5.71 Å². The van der Waals surface area contributed by atoms with Gasteiger partial charge in [0.05, 0.1) is 19.1 Å². The van der Waals surface area contributed by atoms with Gasteiger partial charge >= 0.3 is 17.7 Å². The highest BCUT2D eigenvalue weighted by Gasteiger charge is 2.67. The van der Waals surface area contributed by atoms with Crippen LogP contribution in [-0.4, -0.2) is 41.9 Å². The van der Waals surface area contributed by atoms with Gasteiger partial charge in [0.25, 0.3) is 0 Å². The number of halogens is 3. The van der Waals surface area contributed by atoms with E-state index in [0.29, 0.717) is 22.4 Å². The Balaban J connectivity index is 1.96. The molecule has 0 spiro atoms. The van der Waals surface area contributed by atoms with Crippen molar-refractivity contribution >= 4 is 11.7 Å². The highest BCUT2D eigenvalue weighted by molar-refractivity contribution is 5.99. The number of hydrogen-bond donors (Lipinski definition) is 1. The second kappa shape index (κ2) is 7.51. The van der Waals surface area contributed by atoms with Gasteiger partial charge < -0.3 is 9.47 Å². The summed E-state index contributed by atoms with van der Waals surface area (Å²) in [5.41, 5.74) is -0.748. The van der Waals surface area contributed by atoms with Gasteiger partial charge in [0.1, 0.15) is 12.4 Å². The molecule has 2 aromatic rings. The average molecular weight is 412 g/mol. The van der Waals surface area contributed by atoms with E-state index in [9.17, 15) is 18.0 Å². The first-order valence-electron chi connectivity index (χ1n) is 8.72. The lowest BCUT2D eigenvalue weighted by molar-refractivity contribution is -0.776. The summed E-state index contributed by atoms with van der Waals surface area (Å²) in [5, 5.41) is 6.47. The number of benzene rings is 1. The molecule has 0 radical (unpaired) electrons. The molecule has 156 valence electrons. The fraction of sp³-hybridized carbons (Fsp3) is 0.421. The van der Waals surface area contributed by atoms with E-state index < -0.39 is 24.2 Å². The van der Waals surface area contributed by atoms with Crippen molar-refractivity contribution in [1.82, 2.24) is 9.78 Å². The Labute approximate surface area is 165 Å². The summed E-state index contributed by atoms with van der Waals surface area (Å²) in [5.74, 6) is -0.515. The van der Waals surface area contributed by atoms with Crippen molar-refractivity contribution in [1.29, 1.82) is 0 Å². The van der Waals surface area contributed by atoms with Gasteiger partial charge in [-0.2, -0.15) is 18.3 Å². The number of ether oxygens (including phenoxy) is 2. The van der Waals surface area contributed by atoms with E-state index in [4.69, 9.17) is 14.3 Å². The number of aryl methyl sites for hydroxylation is 2. The van der Waals surface area contributed by atoms with E-state index in [-0.39, 0.29) is 18.1 Å². The largest absolute Gasteiger partial charge is 0.465 e. The highest BCUT2D eigenvalue weighted by atomic mass is 19.4. The summed E-state index contributed by atoms with van der Waals surface area (Å²) in [6.45, 7) is 3.35. The summed E-state index contributed by atoms with van der Waals surface area (Å²) in [7, 11) is 2.69. The van der Waals surface area contributed by atoms with Crippen LogP contribution in [-0.2, 0) is 26.6 Å². The summed E-state index contributed by atoms with van der Waals surface area (Å²) in [6, 6.07) is 6.00. The van der Waals surface area contributed by atoms with Crippen molar-refractivity contribution < 1.29 is 37.4 Å². The molecule has 1 unspecified atom stereocenters. The van der Waals surface area contributed by atoms with E-state index in [1.54, 1.807) is 26.0 Å². The van der Waals surface area contributed by atoms with Gasteiger partial charge in [0, 0.05) is 18.4 Å². The number of alkyl halides is 3. The Morgan fingerprint density at radius 3 is 2.62 bits per heavy atom. The normalized spacial score (nSPS) is 19.1. The molecule has 0 bridgehead atoms. The lowest BCUT2D eigenvalue weighted by atomic mass is 9.89. The van der Waals surface area contributed by atoms with E-state index in [1.165, 1.54) is 31.0 Å². The zero-order valence-corrected chi connectivity index (χ0v) is 16.4. The maximum Gasteiger partial charge on any atom is 0.442 e. The van der Waals surface area contributed by atoms with Crippen LogP contribution in [0.25, 0.3) is 0 Å². The molecule has 0 saturated carbocycles. The van der Waals surface area contributed by atoms with Crippen molar-refractivity contribution in [2.45, 2.75) is 38.8 Å². The van der Waals surface area contributed by atoms with Gasteiger partial charge in [-0.05, 0) is 48.8 Å². The fourth-order valence-corrected chi connectivity index (χ4v) is 3.23. The lowest BCUT2D eigenvalue weighted by Gasteiger charge is -2.23. The first kappa shape index (κ1) is 20.8. The number of methoxy groups -OCH3 is 2. The van der Waals surface area contributed by atoms with Gasteiger partial charge in [0.15, 0.2) is 0 Å². The minimum absolute atomic E-state index is 0.0257. The second-order valence-electron chi connectivity index (χ2n) is 6.79. The van der Waals surface area contributed by atoms with Gasteiger partial charge in [-0.25, -0.2) is 9.48 Å². The van der Waals surface area contributed by atoms with Crippen LogP contribution in [0.5, 0.6) is 0 Å². The number of nitrogens with one attached hydrogen (secondary N) is 1. The highest BCUT2D eigenvalue weighted by Crippen LogP contribution is 2.45. The zero-order chi connectivity index (χ0) is 21.4. The molecule has 1 atom stereocenters. The molecule has 0 saturated heterocycles. The van der Waals surface area contributed by atoms with Crippen LogP contribution in [0.4, 0.5) is 13.2 Å². The quantitative estimate of drug-likeness (QED) is 0.755. The Hall–Kier alpha value is -2.88. The molecule has 0 amide bonds. The average Bonchev–Trinajstić information content (AvgIpc) is 3.26. The smallest absolute Gasteiger partial charge is 0.442 e. The summed E-state index contributed by atoms with van der Waals surface area (Å²) in [4.78, 5) is 16.9. The van der Waals surface area contributed by atoms with Crippen LogP contribution < -0.4 is 5.16 Å². The first-order chi connectivity index (χ1) is 13.6. The van der Waals surface area contributed by atoms with Crippen LogP contribution in [0.3, 0.4) is 0 Å². The predicted molar refractivity (Wildman–Crippen MR) is 95.0 cm³/mol. The molecule has 7 nitrogen and oxygen atoms in total. The van der Waals surface area contributed by atoms with Gasteiger partial charge in [-0.3, -0.25) is 4.84 Å². The van der Waals surface area contributed by atoms with Crippen LogP contribution in [0.2, 0.25) is 0 Å². The number of hydrogen-bond acceptors (Lipinski definition) is 5. The monoisotopic (exact) mass is 412 g/mol. The fourth-order valence-electron chi connectivity index (χ4n) is 3.23. The summed E-state index contributed by atoms with van der Waals surface area (Å²) >= 11 is 0. The van der Waals surface area contributed by atoms with Crippen LogP contribution in [0, 0.1) is 13.8 Å². The molecule has 1 aromatic heterocycles. The van der Waals surface area contributed by atoms with E-state index in [0.717, 1.165) is 0 Å². The van der Waals surface area contributed by atoms with Crippen molar-refractivity contribution in [2.75, 3.05) is 14.2 Å². The third kappa shape index (κ3) is 3.59. The summed E-state index contributed by atoms with van der Waals surface area (Å²) < 4.78 is 53.3. The number of nitrogens with zero attached hydrogens (tertiary/aromatic N) is 2. The standard InChI is InChI=1S/C19H20F3N3O4/c1-11-7-13(5-6-14(11)17(26)28-4)15-9-18(29-24-15,19(20,21)22)16-8-12(2)25(23-16)10-27-3/h5-8H,9-10H2,1-4H3/p+1. The predicted octanol–water partition coefficient (Wildman–Crippen LogP) is 1.55. The molecule has 1 aliphatic heterocycles. The maximum atomic E-state index is 14.1.